The van der Waals surface area contributed by atoms with Gasteiger partial charge in [-0.05, 0) is 23.1 Å². The van der Waals surface area contributed by atoms with Crippen LogP contribution >= 0.6 is 92.8 Å². The SMILES string of the molecule is ClC1C=C2CC1(Cl)C1=C2C(Cl)(Cl)C(Cl)(Cl)C1(Cl)Cl. The highest BCUT2D eigenvalue weighted by Crippen LogP contribution is 2.75. The minimum absolute atomic E-state index is 0.424. The van der Waals surface area contributed by atoms with Crippen LogP contribution in [0.2, 0.25) is 0 Å². The van der Waals surface area contributed by atoms with E-state index < -0.39 is 23.3 Å². The minimum atomic E-state index is -1.81. The Hall–Kier alpha value is 1.80. The highest BCUT2D eigenvalue weighted by Gasteiger charge is 2.76. The highest BCUT2D eigenvalue weighted by atomic mass is 35.5. The van der Waals surface area contributed by atoms with Gasteiger partial charge in [0.05, 0.1) is 10.3 Å². The third-order valence-electron chi connectivity index (χ3n) is 3.64. The van der Waals surface area contributed by atoms with Gasteiger partial charge >= 0.3 is 0 Å². The zero-order valence-corrected chi connectivity index (χ0v) is 14.4. The van der Waals surface area contributed by atoms with Crippen LogP contribution in [0.4, 0.5) is 0 Å². The largest absolute Gasteiger partial charge is 0.191 e. The Bertz CT molecular complexity index is 514. The van der Waals surface area contributed by atoms with E-state index in [2.05, 4.69) is 0 Å². The molecule has 0 saturated carbocycles. The number of alkyl halides is 8. The smallest absolute Gasteiger partial charge is 0.116 e. The van der Waals surface area contributed by atoms with Gasteiger partial charge < -0.3 is 0 Å². The molecule has 2 bridgehead atoms. The molecule has 0 radical (unpaired) electrons. The number of hydrogen-bond donors (Lipinski definition) is 0. The van der Waals surface area contributed by atoms with E-state index in [1.54, 1.807) is 6.08 Å². The molecule has 3 rings (SSSR count). The quantitative estimate of drug-likeness (QED) is 0.449. The van der Waals surface area contributed by atoms with Gasteiger partial charge in [-0.3, -0.25) is 0 Å². The summed E-state index contributed by atoms with van der Waals surface area (Å²) < 4.78 is -5.13. The van der Waals surface area contributed by atoms with Crippen molar-refractivity contribution >= 4 is 92.8 Å². The summed E-state index contributed by atoms with van der Waals surface area (Å²) in [7, 11) is 0. The molecule has 100 valence electrons. The monoisotopic (exact) mass is 404 g/mol. The van der Waals surface area contributed by atoms with Crippen molar-refractivity contribution in [3.05, 3.63) is 22.8 Å². The van der Waals surface area contributed by atoms with Crippen molar-refractivity contribution in [3.63, 3.8) is 0 Å². The van der Waals surface area contributed by atoms with E-state index in [1.165, 1.54) is 0 Å². The third-order valence-corrected chi connectivity index (χ3v) is 8.60. The van der Waals surface area contributed by atoms with E-state index in [0.29, 0.717) is 17.6 Å². The van der Waals surface area contributed by atoms with E-state index >= 15 is 0 Å². The van der Waals surface area contributed by atoms with Crippen molar-refractivity contribution < 1.29 is 0 Å². The molecule has 0 nitrogen and oxygen atoms in total. The van der Waals surface area contributed by atoms with Crippen LogP contribution in [0.1, 0.15) is 6.42 Å². The summed E-state index contributed by atoms with van der Waals surface area (Å²) in [5, 5.41) is -0.448. The average molecular weight is 408 g/mol. The van der Waals surface area contributed by atoms with Gasteiger partial charge in [0.2, 0.25) is 0 Å². The lowest BCUT2D eigenvalue weighted by atomic mass is 9.95. The van der Waals surface area contributed by atoms with Crippen molar-refractivity contribution in [3.8, 4) is 0 Å². The average Bonchev–Trinajstić information content (AvgIpc) is 2.69. The van der Waals surface area contributed by atoms with Crippen LogP contribution in [0.25, 0.3) is 0 Å². The molecule has 0 N–H and O–H groups in total. The number of fused-ring (bicyclic) bond motifs is 4. The molecule has 0 aliphatic heterocycles. The Morgan fingerprint density at radius 3 is 2.06 bits per heavy atom. The normalized spacial score (nSPS) is 42.2. The Morgan fingerprint density at radius 2 is 1.50 bits per heavy atom. The van der Waals surface area contributed by atoms with Crippen molar-refractivity contribution in [2.24, 2.45) is 0 Å². The second-order valence-corrected chi connectivity index (χ2v) is 9.73. The molecule has 8 heteroatoms. The molecule has 2 unspecified atom stereocenters. The maximum atomic E-state index is 6.54. The molecule has 18 heavy (non-hydrogen) atoms. The summed E-state index contributed by atoms with van der Waals surface area (Å²) in [6.07, 6.45) is 2.26. The Morgan fingerprint density at radius 1 is 0.944 bits per heavy atom. The fourth-order valence-electron chi connectivity index (χ4n) is 2.80. The van der Waals surface area contributed by atoms with Gasteiger partial charge in [-0.25, -0.2) is 0 Å². The second kappa shape index (κ2) is 3.76. The van der Waals surface area contributed by atoms with Crippen LogP contribution < -0.4 is 0 Å². The predicted octanol–water partition coefficient (Wildman–Crippen LogP) is 5.75. The van der Waals surface area contributed by atoms with Crippen LogP contribution in [0.15, 0.2) is 22.8 Å². The summed E-state index contributed by atoms with van der Waals surface area (Å²) in [5.74, 6) is 0. The van der Waals surface area contributed by atoms with Crippen LogP contribution in [0.3, 0.4) is 0 Å². The maximum absolute atomic E-state index is 6.54. The van der Waals surface area contributed by atoms with Gasteiger partial charge in [-0.2, -0.15) is 0 Å². The summed E-state index contributed by atoms with van der Waals surface area (Å²) in [5.41, 5.74) is 1.74. The first kappa shape index (κ1) is 14.7. The molecular weight excluding hydrogens is 404 g/mol. The van der Waals surface area contributed by atoms with Crippen molar-refractivity contribution in [1.29, 1.82) is 0 Å². The van der Waals surface area contributed by atoms with Crippen molar-refractivity contribution in [2.75, 3.05) is 0 Å². The molecule has 0 saturated heterocycles. The third kappa shape index (κ3) is 1.36. The summed E-state index contributed by atoms with van der Waals surface area (Å²) in [6.45, 7) is 0. The minimum Gasteiger partial charge on any atom is -0.116 e. The molecule has 0 aromatic heterocycles. The van der Waals surface area contributed by atoms with Gasteiger partial charge in [0.15, 0.2) is 13.0 Å². The fraction of sp³-hybridized carbons (Fsp3) is 0.600. The Balaban J connectivity index is 2.32. The van der Waals surface area contributed by atoms with Crippen LogP contribution in [-0.2, 0) is 0 Å². The van der Waals surface area contributed by atoms with Crippen LogP contribution in [0, 0.1) is 0 Å². The lowest BCUT2D eigenvalue weighted by Crippen LogP contribution is -2.48. The van der Waals surface area contributed by atoms with E-state index in [9.17, 15) is 0 Å². The Kier molecular flexibility index (Phi) is 3.08. The molecule has 3 aliphatic carbocycles. The molecule has 2 atom stereocenters. The molecule has 0 aromatic carbocycles. The summed E-state index contributed by atoms with van der Waals surface area (Å²) >= 11 is 50.3. The number of rotatable bonds is 0. The first-order valence-corrected chi connectivity index (χ1v) is 7.99. The standard InChI is InChI=1S/C10H4Cl8/c11-4-1-3-2-7(4,12)6-5(3)8(13,14)10(17,18)9(6,15)16/h1,4H,2H2. The van der Waals surface area contributed by atoms with Gasteiger partial charge in [-0.15, -0.1) is 23.2 Å². The van der Waals surface area contributed by atoms with Crippen LogP contribution in [0.5, 0.6) is 0 Å². The molecule has 0 amide bonds. The van der Waals surface area contributed by atoms with Gasteiger partial charge in [0.25, 0.3) is 0 Å². The second-order valence-electron chi connectivity index (χ2n) is 4.61. The molecule has 0 spiro atoms. The maximum Gasteiger partial charge on any atom is 0.191 e. The summed E-state index contributed by atoms with van der Waals surface area (Å²) in [6, 6.07) is 0. The lowest BCUT2D eigenvalue weighted by Gasteiger charge is -2.38. The lowest BCUT2D eigenvalue weighted by molar-refractivity contribution is 0.648. The first-order chi connectivity index (χ1) is 7.98. The van der Waals surface area contributed by atoms with Crippen molar-refractivity contribution in [2.45, 2.75) is 29.7 Å². The van der Waals surface area contributed by atoms with E-state index in [0.717, 1.165) is 5.57 Å². The molecule has 0 fully saturated rings. The van der Waals surface area contributed by atoms with E-state index in [1.807, 2.05) is 0 Å². The Labute approximate surface area is 144 Å². The molecule has 0 heterocycles. The van der Waals surface area contributed by atoms with Crippen molar-refractivity contribution in [1.82, 2.24) is 0 Å². The summed E-state index contributed by atoms with van der Waals surface area (Å²) in [4.78, 5) is -0.962. The molecular formula is C10H4Cl8. The topological polar surface area (TPSA) is 0 Å². The van der Waals surface area contributed by atoms with Gasteiger partial charge in [-0.1, -0.05) is 75.7 Å². The number of halogens is 8. The molecule has 3 aliphatic rings. The number of allylic oxidation sites excluding steroid dienone is 4. The zero-order valence-electron chi connectivity index (χ0n) is 8.39. The molecule has 0 aromatic rings. The van der Waals surface area contributed by atoms with Gasteiger partial charge in [0.1, 0.15) is 0 Å². The van der Waals surface area contributed by atoms with E-state index in [-0.39, 0.29) is 0 Å². The van der Waals surface area contributed by atoms with Gasteiger partial charge in [0, 0.05) is 0 Å². The fourth-order valence-corrected chi connectivity index (χ4v) is 5.77. The zero-order chi connectivity index (χ0) is 13.7. The highest BCUT2D eigenvalue weighted by molar-refractivity contribution is 6.73. The number of hydrogen-bond acceptors (Lipinski definition) is 0. The first-order valence-electron chi connectivity index (χ1n) is 4.91. The van der Waals surface area contributed by atoms with Crippen LogP contribution in [-0.4, -0.2) is 23.3 Å². The predicted molar refractivity (Wildman–Crippen MR) is 81.3 cm³/mol. The van der Waals surface area contributed by atoms with E-state index in [4.69, 9.17) is 92.8 Å².